The summed E-state index contributed by atoms with van der Waals surface area (Å²) in [5.41, 5.74) is 2.14. The fourth-order valence-corrected chi connectivity index (χ4v) is 3.89. The van der Waals surface area contributed by atoms with E-state index in [4.69, 9.17) is 0 Å². The standard InChI is InChI=1S/C14H10Br2N2S/c15-9-5-6-11(10(16)7-9)17-8-14-18-12-3-1-2-4-13(12)19-14/h1-7,17H,8H2. The van der Waals surface area contributed by atoms with E-state index in [2.05, 4.69) is 48.2 Å². The average Bonchev–Trinajstić information content (AvgIpc) is 2.80. The molecule has 0 radical (unpaired) electrons. The van der Waals surface area contributed by atoms with Crippen LogP contribution in [0.1, 0.15) is 5.01 Å². The SMILES string of the molecule is Brc1ccc(NCc2nc3ccccc3s2)c(Br)c1. The van der Waals surface area contributed by atoms with Crippen LogP contribution in [0.3, 0.4) is 0 Å². The molecule has 0 saturated carbocycles. The lowest BCUT2D eigenvalue weighted by molar-refractivity contribution is 1.11. The monoisotopic (exact) mass is 396 g/mol. The van der Waals surface area contributed by atoms with Gasteiger partial charge in [-0.1, -0.05) is 28.1 Å². The zero-order valence-corrected chi connectivity index (χ0v) is 13.8. The Balaban J connectivity index is 1.78. The van der Waals surface area contributed by atoms with E-state index in [1.807, 2.05) is 36.4 Å². The molecule has 1 heterocycles. The summed E-state index contributed by atoms with van der Waals surface area (Å²) in [6, 6.07) is 14.3. The highest BCUT2D eigenvalue weighted by Gasteiger charge is 2.04. The van der Waals surface area contributed by atoms with Crippen LogP contribution in [-0.4, -0.2) is 4.98 Å². The van der Waals surface area contributed by atoms with Gasteiger partial charge in [-0.25, -0.2) is 4.98 Å². The van der Waals surface area contributed by atoms with Crippen molar-refractivity contribution in [3.63, 3.8) is 0 Å². The number of anilines is 1. The van der Waals surface area contributed by atoms with Gasteiger partial charge in [0.2, 0.25) is 0 Å². The summed E-state index contributed by atoms with van der Waals surface area (Å²) < 4.78 is 3.34. The number of fused-ring (bicyclic) bond motifs is 1. The van der Waals surface area contributed by atoms with Gasteiger partial charge in [-0.15, -0.1) is 11.3 Å². The van der Waals surface area contributed by atoms with Crippen LogP contribution in [-0.2, 0) is 6.54 Å². The van der Waals surface area contributed by atoms with Crippen molar-refractivity contribution in [1.82, 2.24) is 4.98 Å². The predicted molar refractivity (Wildman–Crippen MR) is 88.8 cm³/mol. The highest BCUT2D eigenvalue weighted by atomic mass is 79.9. The van der Waals surface area contributed by atoms with Crippen LogP contribution in [0.2, 0.25) is 0 Å². The van der Waals surface area contributed by atoms with Crippen LogP contribution in [0.5, 0.6) is 0 Å². The van der Waals surface area contributed by atoms with Crippen molar-refractivity contribution in [1.29, 1.82) is 0 Å². The maximum atomic E-state index is 4.61. The highest BCUT2D eigenvalue weighted by Crippen LogP contribution is 2.27. The van der Waals surface area contributed by atoms with Crippen LogP contribution < -0.4 is 5.32 Å². The minimum atomic E-state index is 0.736. The Morgan fingerprint density at radius 1 is 1.11 bits per heavy atom. The first kappa shape index (κ1) is 13.1. The minimum absolute atomic E-state index is 0.736. The molecule has 0 bridgehead atoms. The summed E-state index contributed by atoms with van der Waals surface area (Å²) in [5.74, 6) is 0. The van der Waals surface area contributed by atoms with E-state index in [0.717, 1.165) is 31.7 Å². The van der Waals surface area contributed by atoms with Crippen LogP contribution in [0.25, 0.3) is 10.2 Å². The molecule has 19 heavy (non-hydrogen) atoms. The normalized spacial score (nSPS) is 10.8. The molecular weight excluding hydrogens is 388 g/mol. The number of aromatic nitrogens is 1. The lowest BCUT2D eigenvalue weighted by atomic mass is 10.3. The van der Waals surface area contributed by atoms with Gasteiger partial charge in [0.1, 0.15) is 5.01 Å². The molecule has 0 amide bonds. The van der Waals surface area contributed by atoms with Crippen molar-refractivity contribution in [3.8, 4) is 0 Å². The second-order valence-electron chi connectivity index (χ2n) is 4.05. The number of rotatable bonds is 3. The first-order valence-corrected chi connectivity index (χ1v) is 8.16. The molecule has 3 aromatic rings. The van der Waals surface area contributed by atoms with Gasteiger partial charge in [-0.3, -0.25) is 0 Å². The Morgan fingerprint density at radius 2 is 1.95 bits per heavy atom. The zero-order chi connectivity index (χ0) is 13.2. The van der Waals surface area contributed by atoms with E-state index in [9.17, 15) is 0 Å². The lowest BCUT2D eigenvalue weighted by Gasteiger charge is -2.06. The van der Waals surface area contributed by atoms with Crippen LogP contribution in [0.4, 0.5) is 5.69 Å². The fourth-order valence-electron chi connectivity index (χ4n) is 1.80. The lowest BCUT2D eigenvalue weighted by Crippen LogP contribution is -1.99. The van der Waals surface area contributed by atoms with Crippen molar-refractivity contribution in [3.05, 3.63) is 56.4 Å². The third kappa shape index (κ3) is 2.99. The van der Waals surface area contributed by atoms with Crippen LogP contribution in [0, 0.1) is 0 Å². The van der Waals surface area contributed by atoms with E-state index in [0.29, 0.717) is 0 Å². The van der Waals surface area contributed by atoms with Gasteiger partial charge >= 0.3 is 0 Å². The maximum Gasteiger partial charge on any atom is 0.113 e. The van der Waals surface area contributed by atoms with E-state index >= 15 is 0 Å². The summed E-state index contributed by atoms with van der Waals surface area (Å²) in [4.78, 5) is 4.61. The number of hydrogen-bond acceptors (Lipinski definition) is 3. The Bertz CT molecular complexity index is 691. The zero-order valence-electron chi connectivity index (χ0n) is 9.86. The largest absolute Gasteiger partial charge is 0.378 e. The average molecular weight is 398 g/mol. The van der Waals surface area contributed by atoms with E-state index in [1.54, 1.807) is 11.3 Å². The molecule has 5 heteroatoms. The van der Waals surface area contributed by atoms with Crippen molar-refractivity contribution in [2.45, 2.75) is 6.54 Å². The predicted octanol–water partition coefficient (Wildman–Crippen LogP) is 5.43. The summed E-state index contributed by atoms with van der Waals surface area (Å²) in [6.45, 7) is 0.736. The highest BCUT2D eigenvalue weighted by molar-refractivity contribution is 9.11. The Hall–Kier alpha value is -0.910. The van der Waals surface area contributed by atoms with Crippen molar-refractivity contribution >= 4 is 59.1 Å². The van der Waals surface area contributed by atoms with Gasteiger partial charge in [0.15, 0.2) is 0 Å². The second-order valence-corrected chi connectivity index (χ2v) is 6.94. The first-order valence-electron chi connectivity index (χ1n) is 5.76. The number of thiazole rings is 1. The van der Waals surface area contributed by atoms with Gasteiger partial charge < -0.3 is 5.32 Å². The number of nitrogens with zero attached hydrogens (tertiary/aromatic N) is 1. The molecule has 2 aromatic carbocycles. The molecule has 2 nitrogen and oxygen atoms in total. The molecule has 0 aliphatic carbocycles. The quantitative estimate of drug-likeness (QED) is 0.636. The molecule has 0 aliphatic heterocycles. The molecule has 0 saturated heterocycles. The van der Waals surface area contributed by atoms with Crippen molar-refractivity contribution in [2.24, 2.45) is 0 Å². The third-order valence-electron chi connectivity index (χ3n) is 2.70. The molecular formula is C14H10Br2N2S. The molecule has 0 fully saturated rings. The molecule has 1 N–H and O–H groups in total. The number of para-hydroxylation sites is 1. The van der Waals surface area contributed by atoms with Crippen LogP contribution in [0.15, 0.2) is 51.4 Å². The molecule has 0 unspecified atom stereocenters. The fraction of sp³-hybridized carbons (Fsp3) is 0.0714. The molecule has 0 spiro atoms. The smallest absolute Gasteiger partial charge is 0.113 e. The Kier molecular flexibility index (Phi) is 3.86. The number of nitrogens with one attached hydrogen (secondary N) is 1. The third-order valence-corrected chi connectivity index (χ3v) is 4.89. The Morgan fingerprint density at radius 3 is 2.74 bits per heavy atom. The summed E-state index contributed by atoms with van der Waals surface area (Å²) >= 11 is 8.72. The molecule has 3 rings (SSSR count). The van der Waals surface area contributed by atoms with Crippen molar-refractivity contribution in [2.75, 3.05) is 5.32 Å². The van der Waals surface area contributed by atoms with Crippen LogP contribution >= 0.6 is 43.2 Å². The van der Waals surface area contributed by atoms with Gasteiger partial charge in [-0.2, -0.15) is 0 Å². The van der Waals surface area contributed by atoms with Crippen molar-refractivity contribution < 1.29 is 0 Å². The van der Waals surface area contributed by atoms with Gasteiger partial charge in [-0.05, 0) is 46.3 Å². The van der Waals surface area contributed by atoms with Gasteiger partial charge in [0.05, 0.1) is 16.8 Å². The molecule has 1 aromatic heterocycles. The summed E-state index contributed by atoms with van der Waals surface area (Å²) in [6.07, 6.45) is 0. The number of hydrogen-bond donors (Lipinski definition) is 1. The minimum Gasteiger partial charge on any atom is -0.378 e. The summed E-state index contributed by atoms with van der Waals surface area (Å²) in [7, 11) is 0. The number of benzene rings is 2. The summed E-state index contributed by atoms with van der Waals surface area (Å²) in [5, 5.41) is 4.49. The molecule has 0 atom stereocenters. The van der Waals surface area contributed by atoms with E-state index in [1.165, 1.54) is 4.70 Å². The number of halogens is 2. The molecule has 0 aliphatic rings. The maximum absolute atomic E-state index is 4.61. The first-order chi connectivity index (χ1) is 9.22. The van der Waals surface area contributed by atoms with Gasteiger partial charge in [0.25, 0.3) is 0 Å². The molecule has 96 valence electrons. The second kappa shape index (κ2) is 5.61. The Labute approximate surface area is 132 Å². The topological polar surface area (TPSA) is 24.9 Å². The van der Waals surface area contributed by atoms with E-state index in [-0.39, 0.29) is 0 Å². The van der Waals surface area contributed by atoms with Gasteiger partial charge in [0, 0.05) is 14.6 Å². The van der Waals surface area contributed by atoms with E-state index < -0.39 is 0 Å².